The molecule has 0 fully saturated rings. The van der Waals surface area contributed by atoms with Gasteiger partial charge in [-0.15, -0.1) is 0 Å². The summed E-state index contributed by atoms with van der Waals surface area (Å²) in [5.41, 5.74) is 4.86. The number of non-ortho nitro benzene ring substituents is 2. The number of nitro groups is 2. The fourth-order valence-corrected chi connectivity index (χ4v) is 3.75. The van der Waals surface area contributed by atoms with Crippen LogP contribution in [0.15, 0.2) is 91.0 Å². The van der Waals surface area contributed by atoms with Gasteiger partial charge in [0.15, 0.2) is 6.54 Å². The Hall–Kier alpha value is -4.14. The fraction of sp³-hybridized carbons (Fsp3) is 0.0800. The number of nitrogens with zero attached hydrogens (tertiary/aromatic N) is 3. The van der Waals surface area contributed by atoms with Crippen molar-refractivity contribution in [3.8, 4) is 33.6 Å². The number of aromatic nitrogens is 1. The molecule has 0 atom stereocenters. The van der Waals surface area contributed by atoms with Gasteiger partial charge in [-0.2, -0.15) is 4.57 Å². The van der Waals surface area contributed by atoms with Crippen LogP contribution >= 0.6 is 0 Å². The van der Waals surface area contributed by atoms with E-state index >= 15 is 0 Å². The van der Waals surface area contributed by atoms with Gasteiger partial charge in [0.2, 0.25) is 11.4 Å². The van der Waals surface area contributed by atoms with E-state index in [0.717, 1.165) is 33.6 Å². The third kappa shape index (κ3) is 5.09. The SMILES string of the molecule is O=[N+]([O-])c1ccc(-c2cc(-c3ccccc3)cc(-c3ccc([N+](=O)[O-])cc3)[n+]2CCO)cc1.[Cl-]. The molecule has 0 aliphatic heterocycles. The number of rotatable bonds is 7. The zero-order valence-corrected chi connectivity index (χ0v) is 18.6. The number of hydrogen-bond acceptors (Lipinski definition) is 5. The Kier molecular flexibility index (Phi) is 7.68. The van der Waals surface area contributed by atoms with Crippen LogP contribution in [0.5, 0.6) is 0 Å². The Morgan fingerprint density at radius 2 is 1.09 bits per heavy atom. The van der Waals surface area contributed by atoms with E-state index in [-0.39, 0.29) is 36.9 Å². The van der Waals surface area contributed by atoms with Crippen LogP contribution in [0.3, 0.4) is 0 Å². The Labute approximate surface area is 201 Å². The summed E-state index contributed by atoms with van der Waals surface area (Å²) in [6.07, 6.45) is 0. The minimum atomic E-state index is -0.450. The molecule has 0 unspecified atom stereocenters. The first-order valence-electron chi connectivity index (χ1n) is 10.2. The molecule has 0 saturated heterocycles. The van der Waals surface area contributed by atoms with Gasteiger partial charge in [0, 0.05) is 47.5 Å². The number of pyridine rings is 1. The van der Waals surface area contributed by atoms with Crippen molar-refractivity contribution in [1.82, 2.24) is 0 Å². The van der Waals surface area contributed by atoms with E-state index in [2.05, 4.69) is 0 Å². The molecule has 0 spiro atoms. The van der Waals surface area contributed by atoms with Crippen LogP contribution in [0.4, 0.5) is 11.4 Å². The van der Waals surface area contributed by atoms with Crippen molar-refractivity contribution in [2.24, 2.45) is 0 Å². The third-order valence-electron chi connectivity index (χ3n) is 5.34. The zero-order chi connectivity index (χ0) is 23.4. The molecule has 4 rings (SSSR count). The molecule has 0 aliphatic rings. The van der Waals surface area contributed by atoms with Gasteiger partial charge in [0.25, 0.3) is 11.4 Å². The molecule has 0 saturated carbocycles. The monoisotopic (exact) mass is 477 g/mol. The van der Waals surface area contributed by atoms with Crippen molar-refractivity contribution < 1.29 is 31.9 Å². The van der Waals surface area contributed by atoms with E-state index in [1.165, 1.54) is 24.3 Å². The van der Waals surface area contributed by atoms with E-state index in [4.69, 9.17) is 0 Å². The summed E-state index contributed by atoms with van der Waals surface area (Å²) in [6.45, 7) is 0.142. The van der Waals surface area contributed by atoms with E-state index < -0.39 is 9.85 Å². The second-order valence-electron chi connectivity index (χ2n) is 7.36. The number of aliphatic hydroxyl groups excluding tert-OH is 1. The Balaban J connectivity index is 0.00000324. The van der Waals surface area contributed by atoms with Crippen LogP contribution in [0.1, 0.15) is 0 Å². The predicted molar refractivity (Wildman–Crippen MR) is 123 cm³/mol. The smallest absolute Gasteiger partial charge is 0.269 e. The topological polar surface area (TPSA) is 110 Å². The van der Waals surface area contributed by atoms with Crippen LogP contribution in [0.25, 0.3) is 33.6 Å². The Morgan fingerprint density at radius 1 is 0.647 bits per heavy atom. The Bertz CT molecular complexity index is 1230. The molecule has 0 amide bonds. The number of hydrogen-bond donors (Lipinski definition) is 1. The summed E-state index contributed by atoms with van der Waals surface area (Å²) in [4.78, 5) is 21.3. The third-order valence-corrected chi connectivity index (χ3v) is 5.34. The molecule has 0 aliphatic carbocycles. The van der Waals surface area contributed by atoms with Crippen molar-refractivity contribution in [3.05, 3.63) is 111 Å². The summed E-state index contributed by atoms with van der Waals surface area (Å²) in [6, 6.07) is 26.2. The van der Waals surface area contributed by atoms with Crippen molar-refractivity contribution in [2.75, 3.05) is 6.61 Å². The van der Waals surface area contributed by atoms with Crippen LogP contribution in [-0.4, -0.2) is 21.6 Å². The lowest BCUT2D eigenvalue weighted by Gasteiger charge is -2.12. The van der Waals surface area contributed by atoms with Gasteiger partial charge in [-0.1, -0.05) is 30.3 Å². The number of aliphatic hydroxyl groups is 1. The minimum absolute atomic E-state index is 0. The average Bonchev–Trinajstić information content (AvgIpc) is 2.85. The first-order chi connectivity index (χ1) is 16.0. The minimum Gasteiger partial charge on any atom is -1.00 e. The van der Waals surface area contributed by atoms with Gasteiger partial charge < -0.3 is 17.5 Å². The van der Waals surface area contributed by atoms with E-state index in [9.17, 15) is 25.3 Å². The summed E-state index contributed by atoms with van der Waals surface area (Å²) in [5.74, 6) is 0. The van der Waals surface area contributed by atoms with Crippen LogP contribution in [-0.2, 0) is 6.54 Å². The highest BCUT2D eigenvalue weighted by molar-refractivity contribution is 5.74. The summed E-state index contributed by atoms with van der Waals surface area (Å²) >= 11 is 0. The van der Waals surface area contributed by atoms with E-state index in [1.807, 2.05) is 47.0 Å². The van der Waals surface area contributed by atoms with Crippen LogP contribution in [0.2, 0.25) is 0 Å². The van der Waals surface area contributed by atoms with Gasteiger partial charge in [-0.3, -0.25) is 20.2 Å². The quantitative estimate of drug-likeness (QED) is 0.248. The molecule has 1 aromatic heterocycles. The van der Waals surface area contributed by atoms with Gasteiger partial charge in [-0.05, 0) is 35.4 Å². The molecule has 34 heavy (non-hydrogen) atoms. The maximum Gasteiger partial charge on any atom is 0.269 e. The normalized spacial score (nSPS) is 10.4. The second kappa shape index (κ2) is 10.7. The molecule has 3 aromatic carbocycles. The molecule has 0 radical (unpaired) electrons. The van der Waals surface area contributed by atoms with Gasteiger partial charge in [0.05, 0.1) is 9.85 Å². The maximum absolute atomic E-state index is 11.1. The molecular formula is C25H20ClN3O5. The second-order valence-corrected chi connectivity index (χ2v) is 7.36. The summed E-state index contributed by atoms with van der Waals surface area (Å²) < 4.78 is 1.91. The van der Waals surface area contributed by atoms with Crippen molar-refractivity contribution in [1.29, 1.82) is 0 Å². The van der Waals surface area contributed by atoms with E-state index in [0.29, 0.717) is 0 Å². The molecule has 8 nitrogen and oxygen atoms in total. The van der Waals surface area contributed by atoms with Gasteiger partial charge in [0.1, 0.15) is 6.61 Å². The Morgan fingerprint density at radius 3 is 1.47 bits per heavy atom. The molecular weight excluding hydrogens is 458 g/mol. The first-order valence-corrected chi connectivity index (χ1v) is 10.2. The van der Waals surface area contributed by atoms with Crippen molar-refractivity contribution in [2.45, 2.75) is 6.54 Å². The maximum atomic E-state index is 11.1. The predicted octanol–water partition coefficient (Wildman–Crippen LogP) is 1.79. The molecule has 0 bridgehead atoms. The lowest BCUT2D eigenvalue weighted by Crippen LogP contribution is -3.00. The van der Waals surface area contributed by atoms with Crippen LogP contribution < -0.4 is 17.0 Å². The largest absolute Gasteiger partial charge is 1.00 e. The highest BCUT2D eigenvalue weighted by atomic mass is 35.5. The standard InChI is InChI=1S/C25H20N3O5.ClH/c29-15-14-26-24(19-6-10-22(11-7-19)27(30)31)16-21(18-4-2-1-3-5-18)17-25(26)20-8-12-23(13-9-20)28(32)33;/h1-13,16-17,29H,14-15H2;1H/q+1;/p-1. The molecule has 1 heterocycles. The number of benzene rings is 3. The summed E-state index contributed by atoms with van der Waals surface area (Å²) in [5, 5.41) is 32.0. The number of nitro benzene ring substituents is 2. The molecule has 172 valence electrons. The molecule has 9 heteroatoms. The highest BCUT2D eigenvalue weighted by Crippen LogP contribution is 2.30. The van der Waals surface area contributed by atoms with Gasteiger partial charge in [-0.25, -0.2) is 0 Å². The number of halogens is 1. The van der Waals surface area contributed by atoms with Crippen molar-refractivity contribution >= 4 is 11.4 Å². The zero-order valence-electron chi connectivity index (χ0n) is 17.9. The van der Waals surface area contributed by atoms with Crippen LogP contribution in [0, 0.1) is 20.2 Å². The van der Waals surface area contributed by atoms with E-state index in [1.54, 1.807) is 24.3 Å². The first kappa shape index (κ1) is 24.5. The lowest BCUT2D eigenvalue weighted by atomic mass is 9.98. The lowest BCUT2D eigenvalue weighted by molar-refractivity contribution is -0.676. The molecule has 4 aromatic rings. The molecule has 1 N–H and O–H groups in total. The summed E-state index contributed by atoms with van der Waals surface area (Å²) in [7, 11) is 0. The fourth-order valence-electron chi connectivity index (χ4n) is 3.75. The van der Waals surface area contributed by atoms with Gasteiger partial charge >= 0.3 is 0 Å². The average molecular weight is 478 g/mol. The van der Waals surface area contributed by atoms with Crippen molar-refractivity contribution in [3.63, 3.8) is 0 Å². The highest BCUT2D eigenvalue weighted by Gasteiger charge is 2.23.